The van der Waals surface area contributed by atoms with Crippen molar-refractivity contribution in [2.24, 2.45) is 5.10 Å². The highest BCUT2D eigenvalue weighted by Crippen LogP contribution is 2.37. The van der Waals surface area contributed by atoms with Crippen molar-refractivity contribution in [3.63, 3.8) is 0 Å². The molecule has 5 nitrogen and oxygen atoms in total. The molecule has 0 N–H and O–H groups in total. The summed E-state index contributed by atoms with van der Waals surface area (Å²) in [6.07, 6.45) is 0. The van der Waals surface area contributed by atoms with E-state index in [1.165, 1.54) is 11.9 Å². The second-order valence-corrected chi connectivity index (χ2v) is 5.99. The van der Waals surface area contributed by atoms with Crippen LogP contribution >= 0.6 is 11.6 Å². The van der Waals surface area contributed by atoms with Gasteiger partial charge in [0.15, 0.2) is 0 Å². The molecule has 0 saturated heterocycles. The van der Waals surface area contributed by atoms with Gasteiger partial charge in [0.25, 0.3) is 0 Å². The normalized spacial score (nSPS) is 19.7. The molecule has 0 spiro atoms. The van der Waals surface area contributed by atoms with E-state index in [4.69, 9.17) is 21.1 Å². The number of rotatable bonds is 3. The Morgan fingerprint density at radius 2 is 1.79 bits per heavy atom. The van der Waals surface area contributed by atoms with E-state index in [1.54, 1.807) is 26.2 Å². The number of halogens is 1. The van der Waals surface area contributed by atoms with Gasteiger partial charge in [-0.3, -0.25) is 4.79 Å². The van der Waals surface area contributed by atoms with Crippen molar-refractivity contribution in [2.45, 2.75) is 19.6 Å². The lowest BCUT2D eigenvalue weighted by Crippen LogP contribution is -2.41. The van der Waals surface area contributed by atoms with Gasteiger partial charge in [-0.15, -0.1) is 5.10 Å². The lowest BCUT2D eigenvalue weighted by molar-refractivity contribution is -0.146. The Kier molecular flexibility index (Phi) is 4.20. The lowest BCUT2D eigenvalue weighted by atomic mass is 10.0. The van der Waals surface area contributed by atoms with Gasteiger partial charge in [0.2, 0.25) is 17.5 Å². The summed E-state index contributed by atoms with van der Waals surface area (Å²) in [5, 5.41) is 6.33. The molecule has 0 fully saturated rings. The fraction of sp³-hybridized carbons (Fsp3) is 0.222. The second-order valence-electron chi connectivity index (χ2n) is 5.56. The number of nitrogens with zero attached hydrogens (tertiary/aromatic N) is 2. The zero-order valence-corrected chi connectivity index (χ0v) is 14.4. The van der Waals surface area contributed by atoms with Crippen LogP contribution in [0.2, 0.25) is 5.02 Å². The number of methoxy groups -OCH3 is 1. The van der Waals surface area contributed by atoms with Crippen molar-refractivity contribution in [2.75, 3.05) is 7.11 Å². The Morgan fingerprint density at radius 3 is 2.33 bits per heavy atom. The minimum Gasteiger partial charge on any atom is -0.497 e. The number of benzene rings is 2. The zero-order valence-electron chi connectivity index (χ0n) is 13.6. The van der Waals surface area contributed by atoms with E-state index < -0.39 is 5.72 Å². The van der Waals surface area contributed by atoms with Crippen LogP contribution in [0.1, 0.15) is 25.0 Å². The molecule has 2 aromatic rings. The highest BCUT2D eigenvalue weighted by atomic mass is 35.5. The Balaban J connectivity index is 1.98. The van der Waals surface area contributed by atoms with Crippen LogP contribution in [0.3, 0.4) is 0 Å². The Hall–Kier alpha value is -2.53. The average molecular weight is 345 g/mol. The summed E-state index contributed by atoms with van der Waals surface area (Å²) in [6.45, 7) is 3.26. The van der Waals surface area contributed by atoms with E-state index in [-0.39, 0.29) is 5.91 Å². The highest BCUT2D eigenvalue weighted by molar-refractivity contribution is 6.30. The topological polar surface area (TPSA) is 51.1 Å². The van der Waals surface area contributed by atoms with Crippen LogP contribution in [-0.2, 0) is 15.3 Å². The molecule has 1 unspecified atom stereocenters. The molecule has 0 bridgehead atoms. The van der Waals surface area contributed by atoms with Crippen molar-refractivity contribution >= 4 is 23.4 Å². The first-order valence-electron chi connectivity index (χ1n) is 7.43. The van der Waals surface area contributed by atoms with Crippen LogP contribution in [0.25, 0.3) is 0 Å². The monoisotopic (exact) mass is 344 g/mol. The minimum atomic E-state index is -1.02. The predicted octanol–water partition coefficient (Wildman–Crippen LogP) is 3.76. The van der Waals surface area contributed by atoms with Crippen LogP contribution in [0.15, 0.2) is 53.6 Å². The first-order valence-corrected chi connectivity index (χ1v) is 7.81. The Labute approximate surface area is 145 Å². The summed E-state index contributed by atoms with van der Waals surface area (Å²) in [5.41, 5.74) is 0.528. The summed E-state index contributed by atoms with van der Waals surface area (Å²) in [7, 11) is 1.60. The molecular formula is C18H17ClN2O3. The number of amides is 1. The predicted molar refractivity (Wildman–Crippen MR) is 91.9 cm³/mol. The van der Waals surface area contributed by atoms with Crippen LogP contribution in [-0.4, -0.2) is 23.9 Å². The van der Waals surface area contributed by atoms with Crippen LogP contribution in [0, 0.1) is 0 Å². The summed E-state index contributed by atoms with van der Waals surface area (Å²) < 4.78 is 11.2. The van der Waals surface area contributed by atoms with E-state index >= 15 is 0 Å². The van der Waals surface area contributed by atoms with Gasteiger partial charge in [-0.2, -0.15) is 5.01 Å². The lowest BCUT2D eigenvalue weighted by Gasteiger charge is -2.31. The summed E-state index contributed by atoms with van der Waals surface area (Å²) in [4.78, 5) is 12.1. The first-order chi connectivity index (χ1) is 11.4. The summed E-state index contributed by atoms with van der Waals surface area (Å²) in [5.74, 6) is 0.905. The zero-order chi connectivity index (χ0) is 17.3. The smallest absolute Gasteiger partial charge is 0.243 e. The molecule has 1 atom stereocenters. The van der Waals surface area contributed by atoms with Crippen LogP contribution < -0.4 is 4.74 Å². The van der Waals surface area contributed by atoms with Gasteiger partial charge in [0.1, 0.15) is 5.75 Å². The number of carbonyl (C=O) groups excluding carboxylic acids is 1. The molecular weight excluding hydrogens is 328 g/mol. The first kappa shape index (κ1) is 16.3. The molecule has 0 aliphatic carbocycles. The van der Waals surface area contributed by atoms with E-state index in [0.29, 0.717) is 10.9 Å². The van der Waals surface area contributed by atoms with Crippen molar-refractivity contribution in [1.82, 2.24) is 5.01 Å². The van der Waals surface area contributed by atoms with Gasteiger partial charge in [-0.1, -0.05) is 23.7 Å². The third kappa shape index (κ3) is 2.83. The SMILES string of the molecule is COc1ccc(C2=NN(C(C)=O)C(C)(c3ccc(Cl)cc3)O2)cc1. The fourth-order valence-corrected chi connectivity index (χ4v) is 2.73. The largest absolute Gasteiger partial charge is 0.497 e. The molecule has 1 aliphatic heterocycles. The maximum atomic E-state index is 12.1. The fourth-order valence-electron chi connectivity index (χ4n) is 2.60. The third-order valence-corrected chi connectivity index (χ3v) is 4.16. The van der Waals surface area contributed by atoms with Gasteiger partial charge >= 0.3 is 0 Å². The number of hydrogen-bond donors (Lipinski definition) is 0. The molecule has 0 saturated carbocycles. The van der Waals surface area contributed by atoms with Gasteiger partial charge in [-0.05, 0) is 36.4 Å². The van der Waals surface area contributed by atoms with Gasteiger partial charge in [0, 0.05) is 30.0 Å². The number of carbonyl (C=O) groups is 1. The van der Waals surface area contributed by atoms with E-state index in [9.17, 15) is 4.79 Å². The standard InChI is InChI=1S/C18H17ClN2O3/c1-12(22)21-18(2,14-6-8-15(19)9-7-14)24-17(20-21)13-4-10-16(23-3)11-5-13/h4-11H,1-3H3. The quantitative estimate of drug-likeness (QED) is 0.851. The molecule has 0 radical (unpaired) electrons. The highest BCUT2D eigenvalue weighted by Gasteiger charge is 2.44. The number of hydrogen-bond acceptors (Lipinski definition) is 4. The van der Waals surface area contributed by atoms with Crippen molar-refractivity contribution in [3.8, 4) is 5.75 Å². The number of hydrazone groups is 1. The molecule has 1 amide bonds. The van der Waals surface area contributed by atoms with Crippen LogP contribution in [0.5, 0.6) is 5.75 Å². The molecule has 0 aromatic heterocycles. The molecule has 3 rings (SSSR count). The molecule has 1 heterocycles. The Morgan fingerprint density at radius 1 is 1.17 bits per heavy atom. The van der Waals surface area contributed by atoms with Gasteiger partial charge in [-0.25, -0.2) is 0 Å². The second kappa shape index (κ2) is 6.17. The third-order valence-electron chi connectivity index (χ3n) is 3.91. The maximum Gasteiger partial charge on any atom is 0.243 e. The summed E-state index contributed by atoms with van der Waals surface area (Å²) >= 11 is 5.95. The maximum absolute atomic E-state index is 12.1. The van der Waals surface area contributed by atoms with Crippen molar-refractivity contribution in [1.29, 1.82) is 0 Å². The molecule has 124 valence electrons. The average Bonchev–Trinajstić information content (AvgIpc) is 2.94. The van der Waals surface area contributed by atoms with Crippen molar-refractivity contribution < 1.29 is 14.3 Å². The molecule has 1 aliphatic rings. The molecule has 24 heavy (non-hydrogen) atoms. The van der Waals surface area contributed by atoms with E-state index in [0.717, 1.165) is 16.9 Å². The minimum absolute atomic E-state index is 0.212. The number of ether oxygens (including phenoxy) is 2. The van der Waals surface area contributed by atoms with Gasteiger partial charge < -0.3 is 9.47 Å². The molecule has 6 heteroatoms. The van der Waals surface area contributed by atoms with Gasteiger partial charge in [0.05, 0.1) is 7.11 Å². The van der Waals surface area contributed by atoms with E-state index in [1.807, 2.05) is 36.4 Å². The molecule has 2 aromatic carbocycles. The Bertz CT molecular complexity index is 787. The summed E-state index contributed by atoms with van der Waals surface area (Å²) in [6, 6.07) is 14.5. The van der Waals surface area contributed by atoms with Crippen molar-refractivity contribution in [3.05, 3.63) is 64.7 Å². The van der Waals surface area contributed by atoms with Crippen LogP contribution in [0.4, 0.5) is 0 Å². The van der Waals surface area contributed by atoms with E-state index in [2.05, 4.69) is 5.10 Å².